The number of hydrogen-bond acceptors (Lipinski definition) is 3. The van der Waals surface area contributed by atoms with E-state index >= 15 is 0 Å². The molecule has 102 valence electrons. The first kappa shape index (κ1) is 11.7. The highest BCUT2D eigenvalue weighted by Gasteiger charge is 2.40. The number of ether oxygens (including phenoxy) is 1. The fourth-order valence-corrected chi connectivity index (χ4v) is 4.38. The summed E-state index contributed by atoms with van der Waals surface area (Å²) in [4.78, 5) is 2.71. The van der Waals surface area contributed by atoms with Crippen LogP contribution in [0.5, 0.6) is 0 Å². The average Bonchev–Trinajstić information content (AvgIpc) is 2.94. The van der Waals surface area contributed by atoms with Crippen LogP contribution in [0, 0.1) is 5.92 Å². The smallest absolute Gasteiger partial charge is 0.0619 e. The summed E-state index contributed by atoms with van der Waals surface area (Å²) in [5.74, 6) is 0.814. The summed E-state index contributed by atoms with van der Waals surface area (Å²) in [7, 11) is 0. The minimum atomic E-state index is 0.581. The van der Waals surface area contributed by atoms with Gasteiger partial charge < -0.3 is 10.1 Å². The molecule has 18 heavy (non-hydrogen) atoms. The summed E-state index contributed by atoms with van der Waals surface area (Å²) in [5, 5.41) is 3.98. The molecule has 0 amide bonds. The second-order valence-corrected chi connectivity index (χ2v) is 6.78. The molecule has 4 rings (SSSR count). The highest BCUT2D eigenvalue weighted by molar-refractivity contribution is 4.96. The molecule has 2 aliphatic heterocycles. The van der Waals surface area contributed by atoms with Gasteiger partial charge in [-0.25, -0.2) is 0 Å². The molecule has 0 aromatic carbocycles. The van der Waals surface area contributed by atoms with Gasteiger partial charge in [0.2, 0.25) is 0 Å². The van der Waals surface area contributed by atoms with Crippen LogP contribution in [0.2, 0.25) is 0 Å². The van der Waals surface area contributed by atoms with Crippen molar-refractivity contribution in [2.45, 2.75) is 69.2 Å². The van der Waals surface area contributed by atoms with Crippen molar-refractivity contribution in [1.82, 2.24) is 10.2 Å². The molecule has 0 aromatic heterocycles. The van der Waals surface area contributed by atoms with E-state index in [-0.39, 0.29) is 0 Å². The molecule has 2 saturated heterocycles. The van der Waals surface area contributed by atoms with Crippen molar-refractivity contribution in [3.05, 3.63) is 0 Å². The Kier molecular flexibility index (Phi) is 3.10. The molecule has 0 unspecified atom stereocenters. The maximum absolute atomic E-state index is 5.87. The second kappa shape index (κ2) is 4.77. The lowest BCUT2D eigenvalue weighted by Crippen LogP contribution is -2.48. The van der Waals surface area contributed by atoms with Gasteiger partial charge in [-0.1, -0.05) is 0 Å². The minimum absolute atomic E-state index is 0.581. The van der Waals surface area contributed by atoms with Crippen molar-refractivity contribution >= 4 is 0 Å². The van der Waals surface area contributed by atoms with Crippen LogP contribution in [0.4, 0.5) is 0 Å². The van der Waals surface area contributed by atoms with Crippen LogP contribution in [0.3, 0.4) is 0 Å². The molecule has 2 saturated carbocycles. The molecule has 0 aromatic rings. The van der Waals surface area contributed by atoms with E-state index in [1.807, 2.05) is 0 Å². The van der Waals surface area contributed by atoms with E-state index in [1.54, 1.807) is 0 Å². The van der Waals surface area contributed by atoms with E-state index in [1.165, 1.54) is 58.0 Å². The van der Waals surface area contributed by atoms with Crippen molar-refractivity contribution < 1.29 is 4.74 Å². The molecule has 0 radical (unpaired) electrons. The molecule has 2 aliphatic carbocycles. The first-order valence-corrected chi connectivity index (χ1v) is 8.02. The Morgan fingerprint density at radius 3 is 2.83 bits per heavy atom. The van der Waals surface area contributed by atoms with Gasteiger partial charge in [0.15, 0.2) is 0 Å². The molecule has 3 heteroatoms. The number of rotatable bonds is 3. The molecule has 1 N–H and O–H groups in total. The average molecular weight is 250 g/mol. The molecular weight excluding hydrogens is 224 g/mol. The summed E-state index contributed by atoms with van der Waals surface area (Å²) < 4.78 is 5.87. The van der Waals surface area contributed by atoms with E-state index in [2.05, 4.69) is 10.2 Å². The van der Waals surface area contributed by atoms with Crippen LogP contribution >= 0.6 is 0 Å². The monoisotopic (exact) mass is 250 g/mol. The van der Waals surface area contributed by atoms with Crippen molar-refractivity contribution in [3.63, 3.8) is 0 Å². The summed E-state index contributed by atoms with van der Waals surface area (Å²) in [5.41, 5.74) is 0. The maximum Gasteiger partial charge on any atom is 0.0619 e. The Bertz CT molecular complexity index is 305. The lowest BCUT2D eigenvalue weighted by atomic mass is 9.81. The van der Waals surface area contributed by atoms with Gasteiger partial charge in [0.25, 0.3) is 0 Å². The topological polar surface area (TPSA) is 24.5 Å². The van der Waals surface area contributed by atoms with Crippen molar-refractivity contribution in [1.29, 1.82) is 0 Å². The van der Waals surface area contributed by atoms with Crippen LogP contribution in [0.15, 0.2) is 0 Å². The van der Waals surface area contributed by atoms with Crippen LogP contribution in [-0.2, 0) is 4.74 Å². The Hall–Kier alpha value is -0.120. The number of likely N-dealkylation sites (tertiary alicyclic amines) is 1. The van der Waals surface area contributed by atoms with Gasteiger partial charge in [0, 0.05) is 43.7 Å². The van der Waals surface area contributed by atoms with Gasteiger partial charge >= 0.3 is 0 Å². The number of nitrogens with zero attached hydrogens (tertiary/aromatic N) is 1. The van der Waals surface area contributed by atoms with Crippen LogP contribution in [0.25, 0.3) is 0 Å². The lowest BCUT2D eigenvalue weighted by molar-refractivity contribution is 0.0512. The number of fused-ring (bicyclic) bond motifs is 1. The molecule has 4 fully saturated rings. The Labute approximate surface area is 110 Å². The SMILES string of the molecule is C1C[C@H](N[C@@H]2CCN(C3CC3)C2)[C@@H]2CCO[C@H]2C1. The Morgan fingerprint density at radius 2 is 1.94 bits per heavy atom. The van der Waals surface area contributed by atoms with Gasteiger partial charge in [-0.2, -0.15) is 0 Å². The van der Waals surface area contributed by atoms with Crippen molar-refractivity contribution in [2.75, 3.05) is 19.7 Å². The highest BCUT2D eigenvalue weighted by atomic mass is 16.5. The second-order valence-electron chi connectivity index (χ2n) is 6.78. The predicted molar refractivity (Wildman–Crippen MR) is 71.6 cm³/mol. The molecule has 0 spiro atoms. The summed E-state index contributed by atoms with van der Waals surface area (Å²) in [6.07, 6.45) is 10.2. The van der Waals surface area contributed by atoms with Gasteiger partial charge in [-0.3, -0.25) is 4.90 Å². The van der Waals surface area contributed by atoms with Crippen LogP contribution in [-0.4, -0.2) is 48.8 Å². The summed E-state index contributed by atoms with van der Waals surface area (Å²) in [6.45, 7) is 3.64. The molecule has 3 nitrogen and oxygen atoms in total. The zero-order chi connectivity index (χ0) is 11.9. The molecule has 4 atom stereocenters. The molecule has 2 heterocycles. The van der Waals surface area contributed by atoms with Gasteiger partial charge in [0.05, 0.1) is 6.10 Å². The summed E-state index contributed by atoms with van der Waals surface area (Å²) in [6, 6.07) is 2.45. The van der Waals surface area contributed by atoms with Crippen molar-refractivity contribution in [2.24, 2.45) is 5.92 Å². The Balaban J connectivity index is 1.33. The third-order valence-corrected chi connectivity index (χ3v) is 5.51. The van der Waals surface area contributed by atoms with E-state index in [0.29, 0.717) is 6.10 Å². The van der Waals surface area contributed by atoms with E-state index in [4.69, 9.17) is 4.74 Å². The predicted octanol–water partition coefficient (Wildman–Crippen LogP) is 1.77. The van der Waals surface area contributed by atoms with Gasteiger partial charge in [-0.05, 0) is 44.9 Å². The zero-order valence-corrected chi connectivity index (χ0v) is 11.3. The quantitative estimate of drug-likeness (QED) is 0.826. The molecule has 0 bridgehead atoms. The van der Waals surface area contributed by atoms with Gasteiger partial charge in [0.1, 0.15) is 0 Å². The minimum Gasteiger partial charge on any atom is -0.378 e. The standard InChI is InChI=1S/C15H26N2O/c1-2-14(13-7-9-18-15(13)3-1)16-11-6-8-17(10-11)12-4-5-12/h11-16H,1-10H2/t11-,13+,14+,15+/m1/s1. The van der Waals surface area contributed by atoms with Crippen molar-refractivity contribution in [3.8, 4) is 0 Å². The third-order valence-electron chi connectivity index (χ3n) is 5.51. The van der Waals surface area contributed by atoms with E-state index in [9.17, 15) is 0 Å². The fraction of sp³-hybridized carbons (Fsp3) is 1.00. The number of nitrogens with one attached hydrogen (secondary N) is 1. The van der Waals surface area contributed by atoms with Crippen LogP contribution in [0.1, 0.15) is 44.9 Å². The van der Waals surface area contributed by atoms with E-state index in [0.717, 1.165) is 30.7 Å². The largest absolute Gasteiger partial charge is 0.378 e. The normalized spacial score (nSPS) is 45.3. The first-order valence-electron chi connectivity index (χ1n) is 8.02. The third kappa shape index (κ3) is 2.21. The Morgan fingerprint density at radius 1 is 1.00 bits per heavy atom. The van der Waals surface area contributed by atoms with E-state index < -0.39 is 0 Å². The first-order chi connectivity index (χ1) is 8.90. The zero-order valence-electron chi connectivity index (χ0n) is 11.3. The molecular formula is C15H26N2O. The maximum atomic E-state index is 5.87. The highest BCUT2D eigenvalue weighted by Crippen LogP contribution is 2.35. The lowest BCUT2D eigenvalue weighted by Gasteiger charge is -2.35. The van der Waals surface area contributed by atoms with Crippen LogP contribution < -0.4 is 5.32 Å². The fourth-order valence-electron chi connectivity index (χ4n) is 4.38. The molecule has 4 aliphatic rings. The summed E-state index contributed by atoms with van der Waals surface area (Å²) >= 11 is 0. The number of hydrogen-bond donors (Lipinski definition) is 1. The van der Waals surface area contributed by atoms with Gasteiger partial charge in [-0.15, -0.1) is 0 Å².